The van der Waals surface area contributed by atoms with Crippen LogP contribution in [0.5, 0.6) is 5.75 Å². The van der Waals surface area contributed by atoms with Gasteiger partial charge in [0.25, 0.3) is 5.91 Å². The van der Waals surface area contributed by atoms with Crippen molar-refractivity contribution in [2.45, 2.75) is 4.90 Å². The molecule has 0 aliphatic carbocycles. The molecule has 2 aromatic rings. The van der Waals surface area contributed by atoms with Gasteiger partial charge in [-0.05, 0) is 30.3 Å². The molecule has 0 atom stereocenters. The number of methoxy groups -OCH3 is 1. The minimum Gasteiger partial charge on any atom is -0.495 e. The molecule has 10 heteroatoms. The molecule has 0 unspecified atom stereocenters. The average molecular weight is 431 g/mol. The van der Waals surface area contributed by atoms with Gasteiger partial charge in [0.05, 0.1) is 7.11 Å². The van der Waals surface area contributed by atoms with Gasteiger partial charge < -0.3 is 9.64 Å². The van der Waals surface area contributed by atoms with Crippen LogP contribution in [0.25, 0.3) is 0 Å². The van der Waals surface area contributed by atoms with E-state index in [0.29, 0.717) is 0 Å². The molecule has 1 aliphatic heterocycles. The van der Waals surface area contributed by atoms with Gasteiger partial charge in [-0.3, -0.25) is 4.79 Å². The van der Waals surface area contributed by atoms with Crippen LogP contribution in [0, 0.1) is 11.6 Å². The summed E-state index contributed by atoms with van der Waals surface area (Å²) < 4.78 is 59.9. The molecule has 1 heterocycles. The fourth-order valence-electron chi connectivity index (χ4n) is 2.98. The van der Waals surface area contributed by atoms with Crippen molar-refractivity contribution in [1.82, 2.24) is 9.21 Å². The predicted molar refractivity (Wildman–Crippen MR) is 99.0 cm³/mol. The summed E-state index contributed by atoms with van der Waals surface area (Å²) in [5.74, 6) is -2.57. The van der Waals surface area contributed by atoms with Crippen LogP contribution in [-0.4, -0.2) is 56.8 Å². The monoisotopic (exact) mass is 430 g/mol. The summed E-state index contributed by atoms with van der Waals surface area (Å²) in [7, 11) is -2.57. The topological polar surface area (TPSA) is 66.9 Å². The van der Waals surface area contributed by atoms with E-state index in [-0.39, 0.29) is 41.8 Å². The quantitative estimate of drug-likeness (QED) is 0.748. The molecule has 0 bridgehead atoms. The molecular formula is C18H17ClF2N2O4S. The molecule has 1 saturated heterocycles. The number of benzene rings is 2. The summed E-state index contributed by atoms with van der Waals surface area (Å²) in [6.45, 7) is -0.0664. The lowest BCUT2D eigenvalue weighted by atomic mass is 10.1. The average Bonchev–Trinajstić information content (AvgIpc) is 2.67. The molecule has 2 aromatic carbocycles. The van der Waals surface area contributed by atoms with E-state index < -0.39 is 33.1 Å². The fourth-order valence-corrected chi connectivity index (χ4v) is 4.82. The summed E-state index contributed by atoms with van der Waals surface area (Å²) in [6, 6.07) is 7.44. The van der Waals surface area contributed by atoms with Crippen molar-refractivity contribution in [3.05, 3.63) is 58.6 Å². The summed E-state index contributed by atoms with van der Waals surface area (Å²) in [4.78, 5) is 13.6. The number of halogens is 3. The first-order valence-electron chi connectivity index (χ1n) is 8.32. The van der Waals surface area contributed by atoms with E-state index in [1.807, 2.05) is 0 Å². The lowest BCUT2D eigenvalue weighted by molar-refractivity contribution is 0.0688. The Hall–Kier alpha value is -2.23. The first-order chi connectivity index (χ1) is 13.3. The van der Waals surface area contributed by atoms with Crippen LogP contribution in [0.4, 0.5) is 8.78 Å². The van der Waals surface area contributed by atoms with Crippen LogP contribution in [0.15, 0.2) is 41.3 Å². The van der Waals surface area contributed by atoms with Gasteiger partial charge in [-0.1, -0.05) is 17.7 Å². The molecule has 28 heavy (non-hydrogen) atoms. The Labute approximate surface area is 166 Å². The normalized spacial score (nSPS) is 15.5. The maximum absolute atomic E-state index is 13.8. The minimum absolute atomic E-state index is 0.00524. The lowest BCUT2D eigenvalue weighted by Crippen LogP contribution is -2.50. The number of hydrogen-bond donors (Lipinski definition) is 0. The van der Waals surface area contributed by atoms with Gasteiger partial charge in [0.2, 0.25) is 10.0 Å². The van der Waals surface area contributed by atoms with Gasteiger partial charge in [-0.25, -0.2) is 17.2 Å². The molecule has 3 rings (SSSR count). The molecule has 0 spiro atoms. The van der Waals surface area contributed by atoms with Crippen LogP contribution in [0.3, 0.4) is 0 Å². The Bertz CT molecular complexity index is 988. The standard InChI is InChI=1S/C18H17ClF2N2O4S/c1-27-15-6-5-12(19)11-16(15)28(25,26)23-9-7-22(8-10-23)18(24)17-13(20)3-2-4-14(17)21/h2-6,11H,7-10H2,1H3. The van der Waals surface area contributed by atoms with E-state index in [9.17, 15) is 22.0 Å². The summed E-state index contributed by atoms with van der Waals surface area (Å²) in [6.07, 6.45) is 0. The lowest BCUT2D eigenvalue weighted by Gasteiger charge is -2.34. The second-order valence-electron chi connectivity index (χ2n) is 6.09. The van der Waals surface area contributed by atoms with Crippen molar-refractivity contribution in [3.8, 4) is 5.75 Å². The number of sulfonamides is 1. The SMILES string of the molecule is COc1ccc(Cl)cc1S(=O)(=O)N1CCN(C(=O)c2c(F)cccc2F)CC1. The maximum Gasteiger partial charge on any atom is 0.259 e. The number of ether oxygens (including phenoxy) is 1. The summed E-state index contributed by atoms with van der Waals surface area (Å²) in [5.41, 5.74) is -0.643. The van der Waals surface area contributed by atoms with Gasteiger partial charge in [0.1, 0.15) is 27.8 Å². The highest BCUT2D eigenvalue weighted by atomic mass is 35.5. The minimum atomic E-state index is -3.92. The molecule has 0 radical (unpaired) electrons. The van der Waals surface area contributed by atoms with E-state index in [4.69, 9.17) is 16.3 Å². The van der Waals surface area contributed by atoms with Crippen molar-refractivity contribution >= 4 is 27.5 Å². The van der Waals surface area contributed by atoms with Crippen molar-refractivity contribution in [2.24, 2.45) is 0 Å². The highest BCUT2D eigenvalue weighted by Crippen LogP contribution is 2.30. The zero-order valence-corrected chi connectivity index (χ0v) is 16.4. The maximum atomic E-state index is 13.8. The van der Waals surface area contributed by atoms with Crippen LogP contribution in [0.1, 0.15) is 10.4 Å². The number of amides is 1. The van der Waals surface area contributed by atoms with Gasteiger partial charge in [-0.2, -0.15) is 4.31 Å². The number of carbonyl (C=O) groups excluding carboxylic acids is 1. The molecular weight excluding hydrogens is 414 g/mol. The number of carbonyl (C=O) groups is 1. The molecule has 0 N–H and O–H groups in total. The third-order valence-electron chi connectivity index (χ3n) is 4.45. The number of nitrogens with zero attached hydrogens (tertiary/aromatic N) is 2. The third-order valence-corrected chi connectivity index (χ3v) is 6.60. The predicted octanol–water partition coefficient (Wildman–Crippen LogP) is 2.77. The largest absolute Gasteiger partial charge is 0.495 e. The zero-order chi connectivity index (χ0) is 20.5. The first kappa shape index (κ1) is 20.5. The molecule has 1 aliphatic rings. The summed E-state index contributed by atoms with van der Waals surface area (Å²) >= 11 is 5.92. The van der Waals surface area contributed by atoms with Crippen molar-refractivity contribution < 1.29 is 26.7 Å². The zero-order valence-electron chi connectivity index (χ0n) is 14.9. The Balaban J connectivity index is 1.78. The van der Waals surface area contributed by atoms with Crippen LogP contribution in [-0.2, 0) is 10.0 Å². The second kappa shape index (κ2) is 8.02. The highest BCUT2D eigenvalue weighted by molar-refractivity contribution is 7.89. The Morgan fingerprint density at radius 1 is 1.07 bits per heavy atom. The van der Waals surface area contributed by atoms with Gasteiger partial charge in [-0.15, -0.1) is 0 Å². The molecule has 1 amide bonds. The third kappa shape index (κ3) is 3.82. The summed E-state index contributed by atoms with van der Waals surface area (Å²) in [5, 5.41) is 0.239. The van der Waals surface area contributed by atoms with E-state index >= 15 is 0 Å². The van der Waals surface area contributed by atoms with Crippen LogP contribution >= 0.6 is 11.6 Å². The van der Waals surface area contributed by atoms with Crippen molar-refractivity contribution in [2.75, 3.05) is 33.3 Å². The smallest absolute Gasteiger partial charge is 0.259 e. The van der Waals surface area contributed by atoms with E-state index in [1.54, 1.807) is 0 Å². The van der Waals surface area contributed by atoms with E-state index in [0.717, 1.165) is 12.1 Å². The molecule has 1 fully saturated rings. The van der Waals surface area contributed by atoms with Gasteiger partial charge in [0.15, 0.2) is 0 Å². The number of rotatable bonds is 4. The van der Waals surface area contributed by atoms with Gasteiger partial charge >= 0.3 is 0 Å². The Morgan fingerprint density at radius 2 is 1.68 bits per heavy atom. The van der Waals surface area contributed by atoms with E-state index in [2.05, 4.69) is 0 Å². The highest BCUT2D eigenvalue weighted by Gasteiger charge is 2.33. The Kier molecular flexibility index (Phi) is 5.87. The Morgan fingerprint density at radius 3 is 2.25 bits per heavy atom. The fraction of sp³-hybridized carbons (Fsp3) is 0.278. The molecule has 0 saturated carbocycles. The molecule has 150 valence electrons. The number of piperazine rings is 1. The first-order valence-corrected chi connectivity index (χ1v) is 10.1. The van der Waals surface area contributed by atoms with Crippen LogP contribution < -0.4 is 4.74 Å². The van der Waals surface area contributed by atoms with Crippen molar-refractivity contribution in [1.29, 1.82) is 0 Å². The molecule has 0 aromatic heterocycles. The molecule has 6 nitrogen and oxygen atoms in total. The van der Waals surface area contributed by atoms with Crippen molar-refractivity contribution in [3.63, 3.8) is 0 Å². The van der Waals surface area contributed by atoms with E-state index in [1.165, 1.54) is 40.6 Å². The second-order valence-corrected chi connectivity index (χ2v) is 8.43. The number of hydrogen-bond acceptors (Lipinski definition) is 4. The van der Waals surface area contributed by atoms with Crippen LogP contribution in [0.2, 0.25) is 5.02 Å². The van der Waals surface area contributed by atoms with Gasteiger partial charge in [0, 0.05) is 31.2 Å².